The highest BCUT2D eigenvalue weighted by Gasteiger charge is 2.54. The van der Waals surface area contributed by atoms with Gasteiger partial charge in [0.2, 0.25) is 0 Å². The van der Waals surface area contributed by atoms with Gasteiger partial charge in [-0.3, -0.25) is 9.59 Å². The van der Waals surface area contributed by atoms with E-state index in [9.17, 15) is 9.59 Å². The SMILES string of the molecule is COC(=O)[C@@H]1C[C@]2(Br)C=C(Br)[C@H]1OC2=O. The minimum atomic E-state index is -0.889. The number of carbonyl (C=O) groups excluding carboxylic acids is 2. The lowest BCUT2D eigenvalue weighted by Crippen LogP contribution is -2.53. The normalized spacial score (nSPS) is 38.3. The van der Waals surface area contributed by atoms with E-state index in [1.165, 1.54) is 7.11 Å². The van der Waals surface area contributed by atoms with E-state index in [1.54, 1.807) is 6.08 Å². The Balaban J connectivity index is 2.35. The third-order valence-corrected chi connectivity index (χ3v) is 4.15. The zero-order valence-corrected chi connectivity index (χ0v) is 11.0. The number of fused-ring (bicyclic) bond motifs is 2. The second-order valence-corrected chi connectivity index (χ2v) is 5.88. The Morgan fingerprint density at radius 3 is 2.93 bits per heavy atom. The maximum Gasteiger partial charge on any atom is 0.327 e. The molecule has 4 nitrogen and oxygen atoms in total. The van der Waals surface area contributed by atoms with Gasteiger partial charge < -0.3 is 9.47 Å². The number of rotatable bonds is 1. The Morgan fingerprint density at radius 1 is 1.73 bits per heavy atom. The van der Waals surface area contributed by atoms with E-state index in [0.29, 0.717) is 10.9 Å². The van der Waals surface area contributed by atoms with Gasteiger partial charge in [-0.2, -0.15) is 0 Å². The summed E-state index contributed by atoms with van der Waals surface area (Å²) in [5.74, 6) is -1.15. The van der Waals surface area contributed by atoms with Crippen LogP contribution in [0.4, 0.5) is 0 Å². The number of alkyl halides is 1. The predicted molar refractivity (Wildman–Crippen MR) is 58.7 cm³/mol. The topological polar surface area (TPSA) is 52.6 Å². The Kier molecular flexibility index (Phi) is 2.66. The van der Waals surface area contributed by atoms with E-state index in [0.717, 1.165) is 0 Å². The molecular formula is C9H8Br2O4. The second kappa shape index (κ2) is 3.59. The van der Waals surface area contributed by atoms with E-state index in [2.05, 4.69) is 36.6 Å². The number of esters is 2. The van der Waals surface area contributed by atoms with Gasteiger partial charge in [-0.25, -0.2) is 0 Å². The lowest BCUT2D eigenvalue weighted by atomic mass is 9.81. The smallest absolute Gasteiger partial charge is 0.327 e. The first-order chi connectivity index (χ1) is 6.98. The highest BCUT2D eigenvalue weighted by Crippen LogP contribution is 2.47. The van der Waals surface area contributed by atoms with Crippen molar-refractivity contribution < 1.29 is 19.1 Å². The minimum Gasteiger partial charge on any atom is -0.469 e. The zero-order valence-electron chi connectivity index (χ0n) is 7.83. The van der Waals surface area contributed by atoms with E-state index < -0.39 is 16.3 Å². The second-order valence-electron chi connectivity index (χ2n) is 3.55. The summed E-state index contributed by atoms with van der Waals surface area (Å²) in [4.78, 5) is 23.0. The van der Waals surface area contributed by atoms with Crippen LogP contribution in [-0.2, 0) is 19.1 Å². The molecule has 82 valence electrons. The van der Waals surface area contributed by atoms with Crippen LogP contribution in [0.2, 0.25) is 0 Å². The van der Waals surface area contributed by atoms with Crippen LogP contribution < -0.4 is 0 Å². The van der Waals surface area contributed by atoms with Gasteiger partial charge in [0.25, 0.3) is 0 Å². The first-order valence-electron chi connectivity index (χ1n) is 4.34. The summed E-state index contributed by atoms with van der Waals surface area (Å²) in [6.07, 6.45) is 1.57. The highest BCUT2D eigenvalue weighted by atomic mass is 79.9. The molecule has 2 aliphatic heterocycles. The molecule has 0 unspecified atom stereocenters. The van der Waals surface area contributed by atoms with Crippen LogP contribution in [0.1, 0.15) is 6.42 Å². The number of halogens is 2. The van der Waals surface area contributed by atoms with E-state index in [1.807, 2.05) is 0 Å². The summed E-state index contributed by atoms with van der Waals surface area (Å²) in [5.41, 5.74) is 0. The quantitative estimate of drug-likeness (QED) is 0.537. The van der Waals surface area contributed by atoms with Crippen molar-refractivity contribution in [2.24, 2.45) is 5.92 Å². The molecule has 0 aromatic heterocycles. The summed E-state index contributed by atoms with van der Waals surface area (Å²) in [5, 5.41) is 0. The molecule has 0 N–H and O–H groups in total. The largest absolute Gasteiger partial charge is 0.469 e. The maximum absolute atomic E-state index is 11.5. The van der Waals surface area contributed by atoms with E-state index in [-0.39, 0.29) is 11.9 Å². The predicted octanol–water partition coefficient (Wildman–Crippen LogP) is 1.52. The minimum absolute atomic E-state index is 0.351. The van der Waals surface area contributed by atoms with Gasteiger partial charge in [-0.05, 0) is 12.5 Å². The zero-order chi connectivity index (χ0) is 11.2. The van der Waals surface area contributed by atoms with Crippen molar-refractivity contribution in [3.63, 3.8) is 0 Å². The lowest BCUT2D eigenvalue weighted by Gasteiger charge is -2.41. The van der Waals surface area contributed by atoms with Gasteiger partial charge in [0.05, 0.1) is 7.11 Å². The van der Waals surface area contributed by atoms with Crippen molar-refractivity contribution in [2.75, 3.05) is 7.11 Å². The summed E-state index contributed by atoms with van der Waals surface area (Å²) < 4.78 is 9.63. The van der Waals surface area contributed by atoms with Crippen molar-refractivity contribution in [2.45, 2.75) is 16.8 Å². The van der Waals surface area contributed by atoms with Gasteiger partial charge in [-0.15, -0.1) is 0 Å². The molecule has 1 fully saturated rings. The standard InChI is InChI=1S/C9H8Br2O4/c1-14-7(12)4-2-9(11)3-5(10)6(4)15-8(9)13/h3-4,6H,2H2,1H3/t4-,6+,9+/m1/s1. The average Bonchev–Trinajstić information content (AvgIpc) is 2.18. The van der Waals surface area contributed by atoms with E-state index >= 15 is 0 Å². The fourth-order valence-corrected chi connectivity index (χ4v) is 3.63. The van der Waals surface area contributed by atoms with Crippen LogP contribution in [0, 0.1) is 5.92 Å². The summed E-state index contributed by atoms with van der Waals surface area (Å²) in [7, 11) is 1.32. The molecule has 2 heterocycles. The summed E-state index contributed by atoms with van der Waals surface area (Å²) in [6.45, 7) is 0. The summed E-state index contributed by atoms with van der Waals surface area (Å²) >= 11 is 6.58. The number of methoxy groups -OCH3 is 1. The molecule has 1 aliphatic carbocycles. The lowest BCUT2D eigenvalue weighted by molar-refractivity contribution is -0.167. The third kappa shape index (κ3) is 1.63. The van der Waals surface area contributed by atoms with Crippen molar-refractivity contribution in [1.29, 1.82) is 0 Å². The molecule has 0 amide bonds. The fraction of sp³-hybridized carbons (Fsp3) is 0.556. The third-order valence-electron chi connectivity index (χ3n) is 2.60. The first kappa shape index (κ1) is 11.1. The molecule has 0 radical (unpaired) electrons. The average molecular weight is 340 g/mol. The molecule has 3 atom stereocenters. The number of carbonyl (C=O) groups is 2. The van der Waals surface area contributed by atoms with Crippen LogP contribution in [0.3, 0.4) is 0 Å². The van der Waals surface area contributed by atoms with Crippen molar-refractivity contribution in [3.8, 4) is 0 Å². The van der Waals surface area contributed by atoms with Crippen LogP contribution in [-0.4, -0.2) is 29.5 Å². The number of hydrogen-bond acceptors (Lipinski definition) is 4. The van der Waals surface area contributed by atoms with Gasteiger partial charge in [0.1, 0.15) is 16.3 Å². The van der Waals surface area contributed by atoms with Crippen LogP contribution >= 0.6 is 31.9 Å². The summed E-state index contributed by atoms with van der Waals surface area (Å²) in [6, 6.07) is 0. The molecule has 0 spiro atoms. The molecule has 0 aromatic rings. The Bertz CT molecular complexity index is 365. The molecule has 6 heteroatoms. The highest BCUT2D eigenvalue weighted by molar-refractivity contribution is 9.12. The van der Waals surface area contributed by atoms with Crippen LogP contribution in [0.5, 0.6) is 0 Å². The van der Waals surface area contributed by atoms with Crippen molar-refractivity contribution in [1.82, 2.24) is 0 Å². The van der Waals surface area contributed by atoms with Crippen molar-refractivity contribution >= 4 is 43.8 Å². The monoisotopic (exact) mass is 338 g/mol. The molecule has 0 aromatic carbocycles. The van der Waals surface area contributed by atoms with Gasteiger partial charge >= 0.3 is 11.9 Å². The molecule has 3 rings (SSSR count). The van der Waals surface area contributed by atoms with Crippen LogP contribution in [0.25, 0.3) is 0 Å². The van der Waals surface area contributed by atoms with Crippen molar-refractivity contribution in [3.05, 3.63) is 10.6 Å². The number of ether oxygens (including phenoxy) is 2. The fourth-order valence-electron chi connectivity index (χ4n) is 1.83. The van der Waals surface area contributed by atoms with Gasteiger partial charge in [-0.1, -0.05) is 31.9 Å². The van der Waals surface area contributed by atoms with Crippen LogP contribution in [0.15, 0.2) is 10.6 Å². The molecule has 0 saturated carbocycles. The first-order valence-corrected chi connectivity index (χ1v) is 5.92. The van der Waals surface area contributed by atoms with E-state index in [4.69, 9.17) is 4.74 Å². The molecule has 3 aliphatic rings. The van der Waals surface area contributed by atoms with Gasteiger partial charge in [0, 0.05) is 4.48 Å². The number of hydrogen-bond donors (Lipinski definition) is 0. The Labute approximate surface area is 103 Å². The molecule has 2 bridgehead atoms. The van der Waals surface area contributed by atoms with Gasteiger partial charge in [0.15, 0.2) is 0 Å². The Hall–Kier alpha value is -0.360. The molecule has 15 heavy (non-hydrogen) atoms. The molecule has 1 saturated heterocycles. The maximum atomic E-state index is 11.5. The Morgan fingerprint density at radius 2 is 2.40 bits per heavy atom. The molecular weight excluding hydrogens is 332 g/mol.